The highest BCUT2D eigenvalue weighted by atomic mass is 31.1. The van der Waals surface area contributed by atoms with Crippen LogP contribution in [-0.4, -0.2) is 61.4 Å². The molecule has 0 aliphatic heterocycles. The van der Waals surface area contributed by atoms with Crippen molar-refractivity contribution >= 4 is 19.2 Å². The minimum absolute atomic E-state index is 0.0440. The van der Waals surface area contributed by atoms with Crippen molar-refractivity contribution in [2.45, 2.75) is 6.42 Å². The molecule has 0 aromatic rings. The predicted molar refractivity (Wildman–Crippen MR) is 69.5 cm³/mol. The quantitative estimate of drug-likeness (QED) is 0.285. The van der Waals surface area contributed by atoms with E-state index in [1.807, 2.05) is 21.1 Å². The summed E-state index contributed by atoms with van der Waals surface area (Å²) in [5.41, 5.74) is 0.0440. The Kier molecular flexibility index (Phi) is 7.23. The van der Waals surface area contributed by atoms with Crippen LogP contribution in [0.4, 0.5) is 0 Å². The Morgan fingerprint density at radius 3 is 2.59 bits per heavy atom. The number of nitrogens with zero attached hydrogens (tertiary/aromatic N) is 1. The molecular formula is C11H22N2O3P+. The third-order valence-electron chi connectivity index (χ3n) is 1.93. The third-order valence-corrected chi connectivity index (χ3v) is 3.37. The average molecular weight is 261 g/mol. The molecule has 17 heavy (non-hydrogen) atoms. The molecule has 0 fully saturated rings. The Hall–Kier alpha value is -0.740. The fourth-order valence-electron chi connectivity index (χ4n) is 1.14. The molecule has 1 unspecified atom stereocenters. The lowest BCUT2D eigenvalue weighted by atomic mass is 10.4. The summed E-state index contributed by atoms with van der Waals surface area (Å²) in [4.78, 5) is 22.5. The Morgan fingerprint density at radius 1 is 1.53 bits per heavy atom. The van der Waals surface area contributed by atoms with Crippen molar-refractivity contribution in [1.82, 2.24) is 5.32 Å². The Bertz CT molecular complexity index is 308. The number of hydrogen-bond donors (Lipinski definition) is 2. The van der Waals surface area contributed by atoms with Crippen molar-refractivity contribution in [1.29, 1.82) is 0 Å². The lowest BCUT2D eigenvalue weighted by molar-refractivity contribution is -0.861. The molecule has 0 aromatic heterocycles. The average Bonchev–Trinajstić information content (AvgIpc) is 2.21. The molecule has 5 nitrogen and oxygen atoms in total. The molecule has 0 saturated carbocycles. The van der Waals surface area contributed by atoms with Crippen molar-refractivity contribution in [3.63, 3.8) is 0 Å². The number of carbonyl (C=O) groups is 1. The van der Waals surface area contributed by atoms with Crippen LogP contribution in [0, 0.1) is 0 Å². The number of carbonyl (C=O) groups excluding carboxylic acids is 1. The maximum absolute atomic E-state index is 11.7. The molecule has 1 atom stereocenters. The number of quaternary nitrogens is 1. The van der Waals surface area contributed by atoms with E-state index in [2.05, 4.69) is 11.9 Å². The van der Waals surface area contributed by atoms with Crippen molar-refractivity contribution in [3.05, 3.63) is 12.7 Å². The van der Waals surface area contributed by atoms with E-state index in [1.165, 1.54) is 6.08 Å². The van der Waals surface area contributed by atoms with Gasteiger partial charge in [0.2, 0.25) is 5.91 Å². The summed E-state index contributed by atoms with van der Waals surface area (Å²) in [7, 11) is 4.05. The normalized spacial score (nSPS) is 13.0. The Labute approximate surface area is 104 Å². The van der Waals surface area contributed by atoms with Gasteiger partial charge < -0.3 is 19.8 Å². The number of rotatable bonds is 7. The number of aliphatic hydroxyl groups excluding tert-OH is 1. The molecule has 0 bridgehead atoms. The molecule has 6 heteroatoms. The van der Waals surface area contributed by atoms with Gasteiger partial charge in [-0.25, -0.2) is 0 Å². The Balaban J connectivity index is 3.99. The van der Waals surface area contributed by atoms with E-state index in [0.717, 1.165) is 0 Å². The topological polar surface area (TPSA) is 72.4 Å². The van der Waals surface area contributed by atoms with Gasteiger partial charge in [-0.2, -0.15) is 0 Å². The van der Waals surface area contributed by atoms with Crippen LogP contribution >= 0.6 is 7.77 Å². The van der Waals surface area contributed by atoms with Crippen LogP contribution in [0.2, 0.25) is 0 Å². The summed E-state index contributed by atoms with van der Waals surface area (Å²) in [6.45, 7) is 4.16. The van der Waals surface area contributed by atoms with E-state index in [9.17, 15) is 14.8 Å². The number of nitrogens with one attached hydrogen (secondary N) is 1. The van der Waals surface area contributed by atoms with Crippen LogP contribution in [0.25, 0.3) is 0 Å². The highest BCUT2D eigenvalue weighted by Gasteiger charge is 2.16. The molecule has 0 aliphatic carbocycles. The fraction of sp³-hybridized carbons (Fsp3) is 0.636. The van der Waals surface area contributed by atoms with E-state index in [4.69, 9.17) is 0 Å². The zero-order valence-electron chi connectivity index (χ0n) is 10.8. The van der Waals surface area contributed by atoms with Crippen molar-refractivity contribution in [3.8, 4) is 0 Å². The van der Waals surface area contributed by atoms with Crippen molar-refractivity contribution in [2.75, 3.05) is 40.4 Å². The largest absolute Gasteiger partial charge is 0.629 e. The first-order valence-electron chi connectivity index (χ1n) is 5.46. The van der Waals surface area contributed by atoms with Crippen LogP contribution in [-0.2, 0) is 4.79 Å². The van der Waals surface area contributed by atoms with E-state index in [-0.39, 0.29) is 11.4 Å². The number of aliphatic hydroxyl groups is 1. The van der Waals surface area contributed by atoms with Gasteiger partial charge in [-0.15, -0.1) is 0 Å². The molecule has 0 rings (SSSR count). The first kappa shape index (κ1) is 16.3. The molecule has 0 saturated heterocycles. The van der Waals surface area contributed by atoms with Crippen LogP contribution in [0.3, 0.4) is 0 Å². The summed E-state index contributed by atoms with van der Waals surface area (Å²) in [6.07, 6.45) is 2.16. The highest BCUT2D eigenvalue weighted by Crippen LogP contribution is 2.14. The SMILES string of the molecule is C=CC(=O)NCCC/[P+]([O-])=C(\O)C[N+](C)(C)C. The second kappa shape index (κ2) is 7.56. The zero-order chi connectivity index (χ0) is 13.5. The Morgan fingerprint density at radius 2 is 2.12 bits per heavy atom. The van der Waals surface area contributed by atoms with Gasteiger partial charge >= 0.3 is 0 Å². The van der Waals surface area contributed by atoms with Crippen LogP contribution in [0.5, 0.6) is 0 Å². The molecular weight excluding hydrogens is 239 g/mol. The number of hydrogen-bond acceptors (Lipinski definition) is 2. The van der Waals surface area contributed by atoms with Crippen LogP contribution < -0.4 is 10.2 Å². The van der Waals surface area contributed by atoms with Crippen molar-refractivity contribution in [2.24, 2.45) is 0 Å². The maximum Gasteiger partial charge on any atom is 0.273 e. The molecule has 0 heterocycles. The van der Waals surface area contributed by atoms with Gasteiger partial charge in [0.15, 0.2) is 6.54 Å². The summed E-state index contributed by atoms with van der Waals surface area (Å²) in [6, 6.07) is 0. The molecule has 0 spiro atoms. The molecule has 98 valence electrons. The van der Waals surface area contributed by atoms with E-state index >= 15 is 0 Å². The second-order valence-electron chi connectivity index (χ2n) is 4.82. The molecule has 0 radical (unpaired) electrons. The summed E-state index contributed by atoms with van der Waals surface area (Å²) < 4.78 is 0.542. The third kappa shape index (κ3) is 9.01. The maximum atomic E-state index is 11.7. The zero-order valence-corrected chi connectivity index (χ0v) is 11.7. The predicted octanol–water partition coefficient (Wildman–Crippen LogP) is -0.355. The van der Waals surface area contributed by atoms with Gasteiger partial charge in [-0.3, -0.25) is 4.79 Å². The van der Waals surface area contributed by atoms with E-state index < -0.39 is 7.77 Å². The van der Waals surface area contributed by atoms with E-state index in [1.54, 1.807) is 0 Å². The lowest BCUT2D eigenvalue weighted by Crippen LogP contribution is -2.39. The molecule has 1 amide bonds. The minimum Gasteiger partial charge on any atom is -0.629 e. The van der Waals surface area contributed by atoms with Crippen LogP contribution in [0.15, 0.2) is 12.7 Å². The smallest absolute Gasteiger partial charge is 0.273 e. The summed E-state index contributed by atoms with van der Waals surface area (Å²) >= 11 is 0. The highest BCUT2D eigenvalue weighted by molar-refractivity contribution is 7.51. The van der Waals surface area contributed by atoms with Crippen molar-refractivity contribution < 1.29 is 19.3 Å². The first-order valence-corrected chi connectivity index (χ1v) is 6.91. The van der Waals surface area contributed by atoms with Gasteiger partial charge in [0.1, 0.15) is 6.16 Å². The molecule has 0 aliphatic rings. The van der Waals surface area contributed by atoms with Gasteiger partial charge in [0.05, 0.1) is 28.9 Å². The monoisotopic (exact) mass is 261 g/mol. The fourth-order valence-corrected chi connectivity index (χ4v) is 2.42. The second-order valence-corrected chi connectivity index (χ2v) is 6.54. The summed E-state index contributed by atoms with van der Waals surface area (Å²) in [5.74, 6) is -0.236. The summed E-state index contributed by atoms with van der Waals surface area (Å²) in [5, 5.41) is 12.2. The molecule has 0 aromatic carbocycles. The van der Waals surface area contributed by atoms with Crippen LogP contribution in [0.1, 0.15) is 6.42 Å². The van der Waals surface area contributed by atoms with E-state index in [0.29, 0.717) is 30.2 Å². The van der Waals surface area contributed by atoms with Gasteiger partial charge in [-0.05, 0) is 6.08 Å². The van der Waals surface area contributed by atoms with Gasteiger partial charge in [-0.1, -0.05) is 6.58 Å². The lowest BCUT2D eigenvalue weighted by Gasteiger charge is -2.22. The van der Waals surface area contributed by atoms with Gasteiger partial charge in [0, 0.05) is 13.0 Å². The first-order chi connectivity index (χ1) is 7.76. The van der Waals surface area contributed by atoms with Gasteiger partial charge in [0.25, 0.3) is 5.48 Å². The number of likely N-dealkylation sites (N-methyl/N-ethyl adjacent to an activating group) is 1. The number of amides is 1. The minimum atomic E-state index is -1.71. The standard InChI is InChI=1S/C11H21N2O3P/c1-5-10(14)12-7-6-8-17(16)11(15)9-13(2,3)4/h5H,1,6-9H2,2-4H3,(H-,12,14,15)/p+1. The molecule has 2 N–H and O–H groups in total.